The number of aliphatic hydroxyl groups is 1. The highest BCUT2D eigenvalue weighted by atomic mass is 35.5. The van der Waals surface area contributed by atoms with E-state index in [0.717, 1.165) is 19.3 Å². The number of carbonyl (C=O) groups is 3. The van der Waals surface area contributed by atoms with Crippen molar-refractivity contribution in [2.24, 2.45) is 22.7 Å². The third-order valence-corrected chi connectivity index (χ3v) is 6.97. The summed E-state index contributed by atoms with van der Waals surface area (Å²) in [6.45, 7) is 15.0. The smallest absolute Gasteiger partial charge is 0.302 e. The molecule has 2 N–H and O–H groups in total. The number of hydrogen-bond acceptors (Lipinski definition) is 5. The van der Waals surface area contributed by atoms with Crippen molar-refractivity contribution >= 4 is 29.3 Å². The second kappa shape index (κ2) is 11.1. The van der Waals surface area contributed by atoms with E-state index < -0.39 is 34.9 Å². The van der Waals surface area contributed by atoms with Crippen molar-refractivity contribution < 1.29 is 24.2 Å². The standard InChI is InChI=1S/C25H42ClNO5/c1-16-22(32-17(2)28)24(6,7)21(30)20(25(16,8)31)18(15-26)12-14-27-19(29)11-9-10-13-23(3,4)5/h15-16,20,22,31H,9-14H2,1-8H3,(H,27,29)/b18-15-/t16-,20-,22+,25+/m1/s1. The number of amides is 1. The Labute approximate surface area is 198 Å². The van der Waals surface area contributed by atoms with Crippen LogP contribution in [0.3, 0.4) is 0 Å². The van der Waals surface area contributed by atoms with Gasteiger partial charge in [-0.2, -0.15) is 0 Å². The van der Waals surface area contributed by atoms with Crippen molar-refractivity contribution in [3.8, 4) is 0 Å². The number of ether oxygens (including phenoxy) is 1. The maximum absolute atomic E-state index is 13.4. The fraction of sp³-hybridized carbons (Fsp3) is 0.800. The first-order valence-electron chi connectivity index (χ1n) is 11.6. The highest BCUT2D eigenvalue weighted by Crippen LogP contribution is 2.49. The van der Waals surface area contributed by atoms with E-state index in [4.69, 9.17) is 16.3 Å². The molecule has 0 unspecified atom stereocenters. The molecule has 7 heteroatoms. The molecule has 1 aliphatic rings. The van der Waals surface area contributed by atoms with Gasteiger partial charge in [-0.3, -0.25) is 14.4 Å². The highest BCUT2D eigenvalue weighted by Gasteiger charge is 2.60. The predicted molar refractivity (Wildman–Crippen MR) is 127 cm³/mol. The average molecular weight is 472 g/mol. The summed E-state index contributed by atoms with van der Waals surface area (Å²) in [6, 6.07) is 0. The molecule has 0 aromatic heterocycles. The van der Waals surface area contributed by atoms with E-state index in [2.05, 4.69) is 26.1 Å². The summed E-state index contributed by atoms with van der Waals surface area (Å²) >= 11 is 6.09. The largest absolute Gasteiger partial charge is 0.461 e. The van der Waals surface area contributed by atoms with Crippen molar-refractivity contribution in [2.45, 2.75) is 99.2 Å². The van der Waals surface area contributed by atoms with Crippen LogP contribution in [0, 0.1) is 22.7 Å². The van der Waals surface area contributed by atoms with Crippen molar-refractivity contribution in [1.29, 1.82) is 0 Å². The number of Topliss-reactive ketones (excluding diaryl/α,β-unsaturated/α-hetero) is 1. The topological polar surface area (TPSA) is 92.7 Å². The second-order valence-electron chi connectivity index (χ2n) is 11.1. The fourth-order valence-corrected chi connectivity index (χ4v) is 4.82. The number of rotatable bonds is 9. The van der Waals surface area contributed by atoms with Crippen LogP contribution in [0.15, 0.2) is 11.1 Å². The molecular weight excluding hydrogens is 430 g/mol. The molecule has 0 saturated heterocycles. The van der Waals surface area contributed by atoms with Crippen LogP contribution in [0.1, 0.15) is 87.5 Å². The number of unbranched alkanes of at least 4 members (excludes halogenated alkanes) is 1. The first-order valence-corrected chi connectivity index (χ1v) is 12.0. The lowest BCUT2D eigenvalue weighted by Crippen LogP contribution is -2.63. The van der Waals surface area contributed by atoms with Gasteiger partial charge in [0.25, 0.3) is 0 Å². The molecule has 1 saturated carbocycles. The SMILES string of the molecule is CC(=O)O[C@H]1[C@@H](C)[C@](C)(O)[C@H](/C(=C\Cl)CCNC(=O)CCCCC(C)(C)C)C(=O)C1(C)C. The Hall–Kier alpha value is -1.40. The van der Waals surface area contributed by atoms with Gasteiger partial charge in [0.1, 0.15) is 6.10 Å². The Morgan fingerprint density at radius 1 is 1.19 bits per heavy atom. The molecule has 1 aliphatic carbocycles. The molecule has 1 amide bonds. The number of carbonyl (C=O) groups excluding carboxylic acids is 3. The van der Waals surface area contributed by atoms with Gasteiger partial charge in [0, 0.05) is 31.3 Å². The van der Waals surface area contributed by atoms with Crippen LogP contribution in [0.5, 0.6) is 0 Å². The van der Waals surface area contributed by atoms with Gasteiger partial charge in [-0.15, -0.1) is 0 Å². The number of hydrogen-bond donors (Lipinski definition) is 2. The molecule has 0 heterocycles. The third kappa shape index (κ3) is 7.31. The molecule has 0 spiro atoms. The summed E-state index contributed by atoms with van der Waals surface area (Å²) in [5.41, 5.74) is -0.277. The van der Waals surface area contributed by atoms with Gasteiger partial charge in [0.2, 0.25) is 5.91 Å². The van der Waals surface area contributed by atoms with Crippen molar-refractivity contribution in [3.05, 3.63) is 11.1 Å². The van der Waals surface area contributed by atoms with Gasteiger partial charge in [0.05, 0.1) is 16.9 Å². The average Bonchev–Trinajstić information content (AvgIpc) is 2.65. The maximum Gasteiger partial charge on any atom is 0.302 e. The van der Waals surface area contributed by atoms with Gasteiger partial charge in [-0.1, -0.05) is 45.7 Å². The van der Waals surface area contributed by atoms with Crippen LogP contribution in [0.25, 0.3) is 0 Å². The molecule has 32 heavy (non-hydrogen) atoms. The lowest BCUT2D eigenvalue weighted by atomic mass is 9.56. The minimum atomic E-state index is -1.45. The predicted octanol–water partition coefficient (Wildman–Crippen LogP) is 4.77. The normalized spacial score (nSPS) is 28.4. The van der Waals surface area contributed by atoms with Crippen LogP contribution in [-0.2, 0) is 19.1 Å². The summed E-state index contributed by atoms with van der Waals surface area (Å²) in [7, 11) is 0. The summed E-state index contributed by atoms with van der Waals surface area (Å²) in [6.07, 6.45) is 2.97. The molecular formula is C25H42ClNO5. The van der Waals surface area contributed by atoms with Gasteiger partial charge in [-0.05, 0) is 51.0 Å². The number of esters is 1. The Morgan fingerprint density at radius 2 is 1.78 bits per heavy atom. The maximum atomic E-state index is 13.4. The Morgan fingerprint density at radius 3 is 2.28 bits per heavy atom. The van der Waals surface area contributed by atoms with Crippen molar-refractivity contribution in [1.82, 2.24) is 5.32 Å². The summed E-state index contributed by atoms with van der Waals surface area (Å²) in [5.74, 6) is -2.09. The Bertz CT molecular complexity index is 720. The molecule has 1 fully saturated rings. The highest BCUT2D eigenvalue weighted by molar-refractivity contribution is 6.26. The van der Waals surface area contributed by atoms with Crippen LogP contribution in [-0.4, -0.2) is 41.0 Å². The van der Waals surface area contributed by atoms with Gasteiger partial charge >= 0.3 is 5.97 Å². The molecule has 0 aliphatic heterocycles. The Balaban J connectivity index is 2.79. The van der Waals surface area contributed by atoms with Crippen molar-refractivity contribution in [2.75, 3.05) is 6.54 Å². The van der Waals surface area contributed by atoms with Crippen LogP contribution in [0.4, 0.5) is 0 Å². The Kier molecular flexibility index (Phi) is 9.98. The molecule has 4 atom stereocenters. The lowest BCUT2D eigenvalue weighted by Gasteiger charge is -2.52. The summed E-state index contributed by atoms with van der Waals surface area (Å²) in [5, 5.41) is 14.2. The lowest BCUT2D eigenvalue weighted by molar-refractivity contribution is -0.192. The molecule has 0 aromatic carbocycles. The van der Waals surface area contributed by atoms with E-state index in [1.165, 1.54) is 12.5 Å². The fourth-order valence-electron chi connectivity index (χ4n) is 4.58. The van der Waals surface area contributed by atoms with E-state index in [9.17, 15) is 19.5 Å². The van der Waals surface area contributed by atoms with E-state index in [1.807, 2.05) is 0 Å². The number of ketones is 1. The van der Waals surface area contributed by atoms with E-state index in [0.29, 0.717) is 25.0 Å². The molecule has 0 aromatic rings. The number of nitrogens with one attached hydrogen (secondary N) is 1. The minimum Gasteiger partial charge on any atom is -0.461 e. The van der Waals surface area contributed by atoms with E-state index >= 15 is 0 Å². The molecule has 6 nitrogen and oxygen atoms in total. The van der Waals surface area contributed by atoms with Crippen molar-refractivity contribution in [3.63, 3.8) is 0 Å². The molecule has 1 rings (SSSR count). The van der Waals surface area contributed by atoms with Gasteiger partial charge < -0.3 is 15.2 Å². The summed E-state index contributed by atoms with van der Waals surface area (Å²) < 4.78 is 5.44. The minimum absolute atomic E-state index is 0.0295. The second-order valence-corrected chi connectivity index (χ2v) is 11.3. The van der Waals surface area contributed by atoms with Crippen LogP contribution < -0.4 is 5.32 Å². The van der Waals surface area contributed by atoms with Gasteiger partial charge in [0.15, 0.2) is 5.78 Å². The van der Waals surface area contributed by atoms with Gasteiger partial charge in [-0.25, -0.2) is 0 Å². The van der Waals surface area contributed by atoms with E-state index in [1.54, 1.807) is 27.7 Å². The zero-order chi connectivity index (χ0) is 24.9. The molecule has 0 bridgehead atoms. The quantitative estimate of drug-likeness (QED) is 0.373. The first-order chi connectivity index (χ1) is 14.6. The molecule has 0 radical (unpaired) electrons. The molecule has 184 valence electrons. The zero-order valence-electron chi connectivity index (χ0n) is 21.0. The van der Waals surface area contributed by atoms with Crippen LogP contribution >= 0.6 is 11.6 Å². The third-order valence-electron chi connectivity index (χ3n) is 6.69. The summed E-state index contributed by atoms with van der Waals surface area (Å²) in [4.78, 5) is 37.2. The number of halogens is 1. The zero-order valence-corrected chi connectivity index (χ0v) is 21.8. The first kappa shape index (κ1) is 28.6. The van der Waals surface area contributed by atoms with E-state index in [-0.39, 0.29) is 17.1 Å². The monoisotopic (exact) mass is 471 g/mol. The van der Waals surface area contributed by atoms with Crippen LogP contribution in [0.2, 0.25) is 0 Å².